The molecule has 0 N–H and O–H groups in total. The summed E-state index contributed by atoms with van der Waals surface area (Å²) in [6.07, 6.45) is 0. The predicted octanol–water partition coefficient (Wildman–Crippen LogP) is -1.30. The maximum absolute atomic E-state index is 10.3. The number of alkyl halides is 4. The van der Waals surface area contributed by atoms with Gasteiger partial charge in [-0.05, 0) is 6.66 Å². The Labute approximate surface area is 187 Å². The van der Waals surface area contributed by atoms with Gasteiger partial charge in [-0.25, -0.2) is 0 Å². The fourth-order valence-electron chi connectivity index (χ4n) is 0.389. The topological polar surface area (TPSA) is 168 Å². The second-order valence-electron chi connectivity index (χ2n) is 3.46. The normalized spacial score (nSPS) is 8.85. The van der Waals surface area contributed by atoms with Crippen LogP contribution in [-0.4, -0.2) is 85.8 Å². The molecule has 0 fully saturated rings. The van der Waals surface area contributed by atoms with Gasteiger partial charge in [0.2, 0.25) is 0 Å². The van der Waals surface area contributed by atoms with Crippen LogP contribution < -0.4 is 9.79 Å². The molecule has 0 aliphatic carbocycles. The summed E-state index contributed by atoms with van der Waals surface area (Å²) >= 11 is 18.1. The van der Waals surface area contributed by atoms with Crippen molar-refractivity contribution in [3.8, 4) is 0 Å². The molecule has 0 atom stereocenters. The standard InChI is InChI=1S/4C2H3ClO2.CH5O3P.2Al/c4*3-1-2(4)5;1-5(2,3)4;;/h4*1H2,(H,4,5);1H3,(H2,2,3,4);;/q;;;;;2*+3/p-6. The molecule has 0 aliphatic heterocycles. The molecule has 0 bridgehead atoms. The van der Waals surface area contributed by atoms with Crippen molar-refractivity contribution in [2.75, 3.05) is 30.2 Å². The van der Waals surface area contributed by atoms with Crippen LogP contribution in [0.1, 0.15) is 0 Å². The van der Waals surface area contributed by atoms with Crippen molar-refractivity contribution in [2.24, 2.45) is 0 Å². The molecule has 0 saturated carbocycles. The first-order valence-corrected chi connectivity index (χ1v) is 12.1. The third-order valence-electron chi connectivity index (χ3n) is 1.15. The van der Waals surface area contributed by atoms with E-state index in [9.17, 15) is 19.2 Å². The van der Waals surface area contributed by atoms with E-state index in [0.717, 1.165) is 0 Å². The number of rotatable bonds is 8. The van der Waals surface area contributed by atoms with E-state index in [-0.39, 0.29) is 23.5 Å². The summed E-state index contributed by atoms with van der Waals surface area (Å²) in [5.41, 5.74) is 0. The van der Waals surface area contributed by atoms with Crippen molar-refractivity contribution in [1.82, 2.24) is 0 Å². The third kappa shape index (κ3) is 37.6. The van der Waals surface area contributed by atoms with Gasteiger partial charge in [-0.15, -0.1) is 0 Å². The summed E-state index contributed by atoms with van der Waals surface area (Å²) in [6.45, 7) is 0.632. The van der Waals surface area contributed by atoms with Crippen molar-refractivity contribution in [1.29, 1.82) is 0 Å². The van der Waals surface area contributed by atoms with Crippen LogP contribution in [0.2, 0.25) is 0 Å². The Kier molecular flexibility index (Phi) is 24.8. The van der Waals surface area contributed by atoms with Crippen LogP contribution in [0.25, 0.3) is 0 Å². The molecule has 0 aromatic rings. The molecule has 0 aromatic carbocycles. The van der Waals surface area contributed by atoms with E-state index < -0.39 is 63.2 Å². The summed E-state index contributed by atoms with van der Waals surface area (Å²) in [5, 5.41) is 0. The van der Waals surface area contributed by atoms with E-state index in [1.165, 1.54) is 0 Å². The summed E-state index contributed by atoms with van der Waals surface area (Å²) in [6, 6.07) is 0. The van der Waals surface area contributed by atoms with Crippen LogP contribution >= 0.6 is 54.0 Å². The summed E-state index contributed by atoms with van der Waals surface area (Å²) in [4.78, 5) is 59.5. The molecule has 18 heteroatoms. The zero-order valence-corrected chi connectivity index (χ0v) is 19.7. The Hall–Kier alpha value is 0.255. The fourth-order valence-corrected chi connectivity index (χ4v) is 1.92. The Morgan fingerprint density at radius 1 is 0.704 bits per heavy atom. The summed E-state index contributed by atoms with van der Waals surface area (Å²) in [7, 11) is -4.14. The van der Waals surface area contributed by atoms with Gasteiger partial charge in [0.05, 0.1) is 0 Å². The Bertz CT molecular complexity index is 430. The SMILES string of the molecule is CP(=O)([O-])[O-].O=C(CCl)[O][Al+][O]C(=O)CCl.O=C(CCl)[O][Al+][O]C(=O)CCl. The molecule has 11 nitrogen and oxygen atoms in total. The van der Waals surface area contributed by atoms with Gasteiger partial charge in [-0.3, -0.25) is 0 Å². The van der Waals surface area contributed by atoms with Crippen LogP contribution in [0.4, 0.5) is 0 Å². The van der Waals surface area contributed by atoms with Gasteiger partial charge in [-0.2, -0.15) is 0 Å². The molecule has 0 heterocycles. The average molecular weight is 522 g/mol. The Balaban J connectivity index is -0.000000344. The number of halogens is 4. The second kappa shape index (κ2) is 21.0. The molecule has 0 spiro atoms. The first-order valence-electron chi connectivity index (χ1n) is 6.05. The number of carbonyl (C=O) groups excluding carboxylic acids is 4. The zero-order valence-electron chi connectivity index (χ0n) is 13.4. The van der Waals surface area contributed by atoms with E-state index in [4.69, 9.17) is 60.8 Å². The van der Waals surface area contributed by atoms with E-state index in [2.05, 4.69) is 15.2 Å². The van der Waals surface area contributed by atoms with Crippen molar-refractivity contribution >= 4 is 110 Å². The monoisotopic (exact) mass is 520 g/mol. The second-order valence-corrected chi connectivity index (χ2v) is 7.40. The molecule has 0 saturated heterocycles. The zero-order chi connectivity index (χ0) is 21.9. The first kappa shape index (κ1) is 31.9. The van der Waals surface area contributed by atoms with Crippen LogP contribution in [0, 0.1) is 0 Å². The van der Waals surface area contributed by atoms with Gasteiger partial charge in [0.1, 0.15) is 0 Å². The van der Waals surface area contributed by atoms with E-state index in [0.29, 0.717) is 6.66 Å². The average Bonchev–Trinajstić information content (AvgIpc) is 2.59. The Morgan fingerprint density at radius 2 is 0.852 bits per heavy atom. The minimum absolute atomic E-state index is 0.245. The van der Waals surface area contributed by atoms with Gasteiger partial charge in [-0.1, -0.05) is 7.60 Å². The molecular formula is C9H11Al2Cl4O11P. The number of hydrogen-bond donors (Lipinski definition) is 0. The minimum atomic E-state index is -4.14. The summed E-state index contributed by atoms with van der Waals surface area (Å²) < 4.78 is 26.6. The van der Waals surface area contributed by atoms with E-state index in [1.807, 2.05) is 0 Å². The van der Waals surface area contributed by atoms with E-state index >= 15 is 0 Å². The van der Waals surface area contributed by atoms with Crippen molar-refractivity contribution < 1.29 is 48.7 Å². The van der Waals surface area contributed by atoms with Crippen LogP contribution in [0.3, 0.4) is 0 Å². The van der Waals surface area contributed by atoms with Crippen LogP contribution in [0.15, 0.2) is 0 Å². The summed E-state index contributed by atoms with van der Waals surface area (Å²) in [5.74, 6) is -3.41. The Morgan fingerprint density at radius 3 is 0.963 bits per heavy atom. The van der Waals surface area contributed by atoms with E-state index in [1.54, 1.807) is 0 Å². The fraction of sp³-hybridized carbons (Fsp3) is 0.556. The van der Waals surface area contributed by atoms with Gasteiger partial charge in [0, 0.05) is 0 Å². The van der Waals surface area contributed by atoms with Crippen molar-refractivity contribution in [3.05, 3.63) is 0 Å². The van der Waals surface area contributed by atoms with Crippen molar-refractivity contribution in [2.45, 2.75) is 0 Å². The molecule has 0 radical (unpaired) electrons. The first-order chi connectivity index (χ1) is 12.4. The number of hydrogen-bond acceptors (Lipinski definition) is 11. The van der Waals surface area contributed by atoms with Gasteiger partial charge in [0.15, 0.2) is 0 Å². The van der Waals surface area contributed by atoms with Gasteiger partial charge >= 0.3 is 160 Å². The van der Waals surface area contributed by atoms with Gasteiger partial charge in [0.25, 0.3) is 0 Å². The number of carbonyl (C=O) groups is 4. The molecule has 27 heavy (non-hydrogen) atoms. The maximum atomic E-state index is 10.3. The molecular weight excluding hydrogens is 511 g/mol. The predicted molar refractivity (Wildman–Crippen MR) is 92.3 cm³/mol. The van der Waals surface area contributed by atoms with Gasteiger partial charge < -0.3 is 14.4 Å². The molecule has 0 unspecified atom stereocenters. The van der Waals surface area contributed by atoms with Crippen LogP contribution in [0.5, 0.6) is 0 Å². The molecule has 0 amide bonds. The molecule has 0 rings (SSSR count). The third-order valence-corrected chi connectivity index (χ3v) is 3.46. The quantitative estimate of drug-likeness (QED) is 0.211. The molecule has 0 aliphatic rings. The molecule has 0 aromatic heterocycles. The molecule has 152 valence electrons. The van der Waals surface area contributed by atoms with Crippen LogP contribution in [-0.2, 0) is 38.9 Å². The van der Waals surface area contributed by atoms with Crippen molar-refractivity contribution in [3.63, 3.8) is 0 Å².